The quantitative estimate of drug-likeness (QED) is 0.172. The minimum Gasteiger partial charge on any atom is -0.371 e. The summed E-state index contributed by atoms with van der Waals surface area (Å²) in [6.45, 7) is 5.82. The van der Waals surface area contributed by atoms with Gasteiger partial charge in [-0.3, -0.25) is 34.2 Å². The van der Waals surface area contributed by atoms with Crippen LogP contribution in [0.2, 0.25) is 10.0 Å². The maximum atomic E-state index is 13.3. The van der Waals surface area contributed by atoms with Crippen LogP contribution < -0.4 is 20.9 Å². The number of carbonyl (C=O) groups is 5. The number of carbonyl (C=O) groups excluding carboxylic acids is 5. The van der Waals surface area contributed by atoms with Crippen molar-refractivity contribution in [3.63, 3.8) is 0 Å². The summed E-state index contributed by atoms with van der Waals surface area (Å²) in [5.41, 5.74) is 3.37. The van der Waals surface area contributed by atoms with E-state index in [0.29, 0.717) is 38.6 Å². The zero-order valence-electron chi connectivity index (χ0n) is 32.5. The molecule has 2 aromatic carbocycles. The average molecular weight is 842 g/mol. The number of fused-ring (bicyclic) bond motifs is 2. The first-order valence-corrected chi connectivity index (χ1v) is 21.4. The molecular weight excluding hydrogens is 795 g/mol. The average Bonchev–Trinajstić information content (AvgIpc) is 3.75. The molecule has 4 aliphatic heterocycles. The van der Waals surface area contributed by atoms with Gasteiger partial charge in [0.1, 0.15) is 17.9 Å². The van der Waals surface area contributed by atoms with Crippen LogP contribution in [0, 0.1) is 11.8 Å². The molecule has 1 aliphatic carbocycles. The number of likely N-dealkylation sites (tertiary alicyclic amines) is 1. The van der Waals surface area contributed by atoms with Crippen LogP contribution in [0.5, 0.6) is 0 Å². The molecule has 1 atom stereocenters. The van der Waals surface area contributed by atoms with E-state index in [9.17, 15) is 24.0 Å². The number of halogens is 2. The number of imidazole rings is 1. The van der Waals surface area contributed by atoms with Gasteiger partial charge in [-0.05, 0) is 107 Å². The second-order valence-electron chi connectivity index (χ2n) is 16.5. The maximum Gasteiger partial charge on any atom is 0.262 e. The summed E-state index contributed by atoms with van der Waals surface area (Å²) in [6, 6.07) is 9.62. The Kier molecular flexibility index (Phi) is 11.0. The number of benzene rings is 2. The molecule has 3 N–H and O–H groups in total. The van der Waals surface area contributed by atoms with E-state index >= 15 is 0 Å². The molecular formula is C42H46Cl2N10O5. The van der Waals surface area contributed by atoms with Crippen molar-refractivity contribution < 1.29 is 24.0 Å². The first kappa shape index (κ1) is 39.3. The summed E-state index contributed by atoms with van der Waals surface area (Å²) in [6.07, 6.45) is 10.6. The summed E-state index contributed by atoms with van der Waals surface area (Å²) in [4.78, 5) is 83.0. The van der Waals surface area contributed by atoms with Crippen LogP contribution in [0.15, 0.2) is 49.1 Å². The predicted octanol–water partition coefficient (Wildman–Crippen LogP) is 5.10. The second kappa shape index (κ2) is 16.5. The van der Waals surface area contributed by atoms with E-state index in [1.165, 1.54) is 0 Å². The number of piperidine rings is 3. The topological polar surface area (TPSA) is 175 Å². The third-order valence-corrected chi connectivity index (χ3v) is 13.5. The Morgan fingerprint density at radius 1 is 0.847 bits per heavy atom. The van der Waals surface area contributed by atoms with Crippen LogP contribution in [-0.2, 0) is 9.59 Å². The Morgan fingerprint density at radius 2 is 1.58 bits per heavy atom. The Balaban J connectivity index is 0.699. The monoisotopic (exact) mass is 840 g/mol. The molecule has 3 saturated heterocycles. The van der Waals surface area contributed by atoms with Gasteiger partial charge in [0.15, 0.2) is 11.5 Å². The van der Waals surface area contributed by atoms with E-state index in [-0.39, 0.29) is 36.7 Å². The third-order valence-electron chi connectivity index (χ3n) is 12.9. The van der Waals surface area contributed by atoms with Gasteiger partial charge in [0.25, 0.3) is 17.7 Å². The first-order chi connectivity index (χ1) is 28.6. The number of hydrogen-bond donors (Lipinski definition) is 3. The molecule has 4 fully saturated rings. The van der Waals surface area contributed by atoms with Crippen molar-refractivity contribution in [1.82, 2.24) is 40.0 Å². The summed E-state index contributed by atoms with van der Waals surface area (Å²) in [7, 11) is 0. The SMILES string of the molecule is O=C1CC[C@H](N2C(=O)c3ccc(N4CCC(CN5CCC(CCNc6ncnc7c6ncn7C6CC(NC(=O)c7c(Cl)cccc7Cl)C6)CC5)CC4)cc3C2=O)C(=O)N1. The van der Waals surface area contributed by atoms with Crippen molar-refractivity contribution in [1.29, 1.82) is 0 Å². The van der Waals surface area contributed by atoms with Gasteiger partial charge in [0.2, 0.25) is 11.8 Å². The number of anilines is 2. The smallest absolute Gasteiger partial charge is 0.262 e. The van der Waals surface area contributed by atoms with Gasteiger partial charge in [-0.25, -0.2) is 15.0 Å². The summed E-state index contributed by atoms with van der Waals surface area (Å²) in [5, 5.41) is 9.49. The number of nitrogens with zero attached hydrogens (tertiary/aromatic N) is 7. The van der Waals surface area contributed by atoms with Gasteiger partial charge in [-0.15, -0.1) is 0 Å². The molecule has 9 rings (SSSR count). The van der Waals surface area contributed by atoms with Crippen LogP contribution in [0.25, 0.3) is 11.2 Å². The minimum atomic E-state index is -0.964. The lowest BCUT2D eigenvalue weighted by Gasteiger charge is -2.38. The van der Waals surface area contributed by atoms with Crippen LogP contribution >= 0.6 is 23.2 Å². The van der Waals surface area contributed by atoms with Crippen LogP contribution in [0.4, 0.5) is 11.5 Å². The lowest BCUT2D eigenvalue weighted by Crippen LogP contribution is -2.54. The number of hydrogen-bond acceptors (Lipinski definition) is 11. The molecule has 6 heterocycles. The molecule has 17 heteroatoms. The molecule has 0 radical (unpaired) electrons. The molecule has 4 aromatic rings. The highest BCUT2D eigenvalue weighted by Gasteiger charge is 2.45. The van der Waals surface area contributed by atoms with Crippen LogP contribution in [-0.4, -0.2) is 110 Å². The van der Waals surface area contributed by atoms with E-state index < -0.39 is 23.8 Å². The molecule has 0 bridgehead atoms. The highest BCUT2D eigenvalue weighted by atomic mass is 35.5. The number of amides is 5. The Morgan fingerprint density at radius 3 is 2.32 bits per heavy atom. The van der Waals surface area contributed by atoms with E-state index in [1.807, 2.05) is 12.4 Å². The fraction of sp³-hybridized carbons (Fsp3) is 0.476. The third kappa shape index (κ3) is 7.87. The van der Waals surface area contributed by atoms with Crippen molar-refractivity contribution in [3.05, 3.63) is 75.8 Å². The van der Waals surface area contributed by atoms with E-state index in [4.69, 9.17) is 23.2 Å². The van der Waals surface area contributed by atoms with Crippen molar-refractivity contribution in [3.8, 4) is 0 Å². The van der Waals surface area contributed by atoms with Crippen molar-refractivity contribution >= 4 is 75.4 Å². The highest BCUT2D eigenvalue weighted by Crippen LogP contribution is 2.37. The van der Waals surface area contributed by atoms with E-state index in [2.05, 4.69) is 45.3 Å². The zero-order chi connectivity index (χ0) is 40.8. The lowest BCUT2D eigenvalue weighted by molar-refractivity contribution is -0.136. The molecule has 0 spiro atoms. The number of rotatable bonds is 11. The molecule has 1 saturated carbocycles. The Bertz CT molecular complexity index is 2300. The second-order valence-corrected chi connectivity index (χ2v) is 17.3. The van der Waals surface area contributed by atoms with Crippen molar-refractivity contribution in [2.24, 2.45) is 11.8 Å². The standard InChI is InChI=1S/C42H46Cl2N10O5/c43-31-2-1-3-32(44)35(31)40(57)49-26-18-28(19-26)53-23-48-36-37(46-22-47-38(36)53)45-13-8-24-9-14-51(15-10-24)21-25-11-16-52(17-12-25)27-4-5-29-30(20-27)42(59)54(41(29)58)33-6-7-34(55)50-39(33)56/h1-5,20,22-26,28,33H,6-19,21H2,(H,49,57)(H,45,46,47)(H,50,55,56)/t26?,28?,33-/m0/s1. The van der Waals surface area contributed by atoms with Gasteiger partial charge < -0.3 is 25.0 Å². The molecule has 308 valence electrons. The molecule has 5 amide bonds. The Hall–Kier alpha value is -5.12. The van der Waals surface area contributed by atoms with E-state index in [1.54, 1.807) is 36.7 Å². The molecule has 15 nitrogen and oxygen atoms in total. The van der Waals surface area contributed by atoms with Crippen LogP contribution in [0.3, 0.4) is 0 Å². The van der Waals surface area contributed by atoms with Gasteiger partial charge >= 0.3 is 0 Å². The summed E-state index contributed by atoms with van der Waals surface area (Å²) in [5.74, 6) is -0.230. The fourth-order valence-corrected chi connectivity index (χ4v) is 9.97. The number of imide groups is 2. The summed E-state index contributed by atoms with van der Waals surface area (Å²) < 4.78 is 2.07. The van der Waals surface area contributed by atoms with E-state index in [0.717, 1.165) is 112 Å². The molecule has 0 unspecified atom stereocenters. The minimum absolute atomic E-state index is 0.00496. The maximum absolute atomic E-state index is 13.3. The fourth-order valence-electron chi connectivity index (χ4n) is 9.40. The van der Waals surface area contributed by atoms with Gasteiger partial charge in [-0.2, -0.15) is 0 Å². The van der Waals surface area contributed by atoms with Gasteiger partial charge in [-0.1, -0.05) is 29.3 Å². The number of aromatic nitrogens is 4. The lowest BCUT2D eigenvalue weighted by atomic mass is 9.86. The largest absolute Gasteiger partial charge is 0.371 e. The number of nitrogens with one attached hydrogen (secondary N) is 3. The Labute approximate surface area is 351 Å². The predicted molar refractivity (Wildman–Crippen MR) is 222 cm³/mol. The van der Waals surface area contributed by atoms with Crippen molar-refractivity contribution in [2.45, 2.75) is 75.9 Å². The van der Waals surface area contributed by atoms with Gasteiger partial charge in [0, 0.05) is 50.4 Å². The molecule has 2 aromatic heterocycles. The zero-order valence-corrected chi connectivity index (χ0v) is 34.1. The van der Waals surface area contributed by atoms with Crippen LogP contribution in [0.1, 0.15) is 94.9 Å². The molecule has 59 heavy (non-hydrogen) atoms. The summed E-state index contributed by atoms with van der Waals surface area (Å²) >= 11 is 12.5. The first-order valence-electron chi connectivity index (χ1n) is 20.6. The highest BCUT2D eigenvalue weighted by molar-refractivity contribution is 6.39. The normalized spacial score (nSPS) is 23.1. The molecule has 5 aliphatic rings. The van der Waals surface area contributed by atoms with Crippen molar-refractivity contribution in [2.75, 3.05) is 49.5 Å². The van der Waals surface area contributed by atoms with Gasteiger partial charge in [0.05, 0.1) is 33.1 Å².